The molecule has 2 fully saturated rings. The number of carbonyl (C=O) groups is 2. The van der Waals surface area contributed by atoms with Crippen molar-refractivity contribution in [1.82, 2.24) is 9.97 Å². The Hall–Kier alpha value is -6.62. The number of ether oxygens (including phenoxy) is 10. The van der Waals surface area contributed by atoms with E-state index in [9.17, 15) is 14.7 Å². The van der Waals surface area contributed by atoms with Crippen LogP contribution in [0.5, 0.6) is 46.5 Å². The number of nitrogens with zero attached hydrogens (tertiary/aromatic N) is 4. The second-order valence-corrected chi connectivity index (χ2v) is 16.7. The van der Waals surface area contributed by atoms with Crippen molar-refractivity contribution in [1.29, 1.82) is 0 Å². The highest BCUT2D eigenvalue weighted by molar-refractivity contribution is 6.17. The van der Waals surface area contributed by atoms with Crippen LogP contribution in [0.2, 0.25) is 0 Å². The maximum Gasteiger partial charge on any atom is 0.335 e. The number of rotatable bonds is 17. The summed E-state index contributed by atoms with van der Waals surface area (Å²) >= 11 is 0. The monoisotopic (exact) mass is 922 g/mol. The third-order valence-corrected chi connectivity index (χ3v) is 12.9. The fraction of sp³-hybridized carbons (Fsp3) is 0.480. The molecule has 0 spiro atoms. The number of methoxy groups -OCH3 is 6. The van der Waals surface area contributed by atoms with Crippen LogP contribution in [0.25, 0.3) is 0 Å². The van der Waals surface area contributed by atoms with E-state index in [4.69, 9.17) is 57.4 Å². The van der Waals surface area contributed by atoms with Gasteiger partial charge in [0.05, 0.1) is 96.9 Å². The third kappa shape index (κ3) is 9.51. The molecule has 0 amide bonds. The molecule has 2 saturated carbocycles. The zero-order chi connectivity index (χ0) is 47.4. The highest BCUT2D eigenvalue weighted by atomic mass is 16.6. The fourth-order valence-electron chi connectivity index (χ4n) is 9.82. The van der Waals surface area contributed by atoms with Crippen molar-refractivity contribution >= 4 is 23.4 Å². The van der Waals surface area contributed by atoms with Crippen molar-refractivity contribution in [3.05, 3.63) is 81.9 Å². The average Bonchev–Trinajstić information content (AvgIpc) is 3.35. The SMILES string of the molecule is CCOc1cc2c(cc1OC)C(c1ccc(OC)nc1OC)=N[C@H]1CC[C@H](OC(=O)CC(O)C(=O)O[C@H]3CC[C@@H]4N=C(c5ccc(OC)nc5OC)c5cc(OC)c(OCC)cc5[C@@H]4C3)C[C@@H]21. The normalized spacial score (nSPS) is 21.9. The first kappa shape index (κ1) is 46.9. The lowest BCUT2D eigenvalue weighted by molar-refractivity contribution is -0.167. The van der Waals surface area contributed by atoms with E-state index in [-0.39, 0.29) is 23.9 Å². The number of esters is 2. The van der Waals surface area contributed by atoms with Crippen LogP contribution in [-0.2, 0) is 19.1 Å². The molecule has 356 valence electrons. The van der Waals surface area contributed by atoms with Gasteiger partial charge in [0, 0.05) is 35.1 Å². The van der Waals surface area contributed by atoms with Gasteiger partial charge in [0.2, 0.25) is 23.5 Å². The van der Waals surface area contributed by atoms with Crippen LogP contribution in [0.15, 0.2) is 58.5 Å². The number of carbonyl (C=O) groups excluding carboxylic acids is 2. The maximum atomic E-state index is 13.5. The van der Waals surface area contributed by atoms with Gasteiger partial charge in [-0.1, -0.05) is 0 Å². The van der Waals surface area contributed by atoms with Crippen molar-refractivity contribution in [2.24, 2.45) is 9.98 Å². The number of hydrogen-bond acceptors (Lipinski definition) is 17. The minimum absolute atomic E-state index is 0.136. The molecule has 2 aliphatic heterocycles. The fourth-order valence-corrected chi connectivity index (χ4v) is 9.82. The smallest absolute Gasteiger partial charge is 0.335 e. The van der Waals surface area contributed by atoms with Crippen molar-refractivity contribution in [3.63, 3.8) is 0 Å². The Morgan fingerprint density at radius 2 is 1.04 bits per heavy atom. The van der Waals surface area contributed by atoms with E-state index in [2.05, 4.69) is 9.97 Å². The van der Waals surface area contributed by atoms with Gasteiger partial charge in [0.1, 0.15) is 12.2 Å². The Labute approximate surface area is 389 Å². The minimum atomic E-state index is -1.72. The first-order valence-electron chi connectivity index (χ1n) is 22.7. The molecule has 4 aromatic rings. The molecule has 67 heavy (non-hydrogen) atoms. The summed E-state index contributed by atoms with van der Waals surface area (Å²) in [6.45, 7) is 4.67. The Bertz CT molecular complexity index is 2550. The third-order valence-electron chi connectivity index (χ3n) is 12.9. The Morgan fingerprint density at radius 3 is 1.46 bits per heavy atom. The van der Waals surface area contributed by atoms with E-state index in [1.54, 1.807) is 54.8 Å². The van der Waals surface area contributed by atoms with Gasteiger partial charge in [-0.3, -0.25) is 14.8 Å². The lowest BCUT2D eigenvalue weighted by Crippen LogP contribution is -2.39. The summed E-state index contributed by atoms with van der Waals surface area (Å²) < 4.78 is 57.5. The maximum absolute atomic E-state index is 13.5. The number of aromatic nitrogens is 2. The van der Waals surface area contributed by atoms with E-state index >= 15 is 0 Å². The van der Waals surface area contributed by atoms with Crippen molar-refractivity contribution < 1.29 is 62.1 Å². The first-order chi connectivity index (χ1) is 32.5. The van der Waals surface area contributed by atoms with E-state index < -0.39 is 36.7 Å². The minimum Gasteiger partial charge on any atom is -0.493 e. The van der Waals surface area contributed by atoms with Gasteiger partial charge >= 0.3 is 11.9 Å². The van der Waals surface area contributed by atoms with Gasteiger partial charge in [0.15, 0.2) is 29.1 Å². The van der Waals surface area contributed by atoms with Crippen LogP contribution < -0.4 is 37.9 Å². The van der Waals surface area contributed by atoms with Gasteiger partial charge in [-0.15, -0.1) is 0 Å². The Balaban J connectivity index is 0.952. The lowest BCUT2D eigenvalue weighted by atomic mass is 9.74. The van der Waals surface area contributed by atoms with E-state index in [1.807, 2.05) is 50.2 Å². The number of pyridine rings is 2. The average molecular weight is 923 g/mol. The van der Waals surface area contributed by atoms with Crippen molar-refractivity contribution in [2.45, 2.75) is 101 Å². The number of fused-ring (bicyclic) bond motifs is 6. The van der Waals surface area contributed by atoms with Crippen LogP contribution in [0, 0.1) is 0 Å². The molecule has 7 atom stereocenters. The Morgan fingerprint density at radius 1 is 0.582 bits per heavy atom. The van der Waals surface area contributed by atoms with Crippen LogP contribution >= 0.6 is 0 Å². The second kappa shape index (κ2) is 20.5. The summed E-state index contributed by atoms with van der Waals surface area (Å²) in [6.07, 6.45) is -0.176. The number of aliphatic hydroxyl groups is 1. The highest BCUT2D eigenvalue weighted by Gasteiger charge is 2.42. The molecule has 0 bridgehead atoms. The summed E-state index contributed by atoms with van der Waals surface area (Å²) in [5, 5.41) is 11.1. The molecule has 2 aromatic carbocycles. The van der Waals surface area contributed by atoms with Crippen LogP contribution in [0.3, 0.4) is 0 Å². The van der Waals surface area contributed by atoms with E-state index in [0.717, 1.165) is 22.3 Å². The Kier molecular flexibility index (Phi) is 14.3. The first-order valence-corrected chi connectivity index (χ1v) is 22.7. The van der Waals surface area contributed by atoms with Crippen LogP contribution in [0.4, 0.5) is 0 Å². The number of aliphatic imine (C=N–C) groups is 2. The summed E-state index contributed by atoms with van der Waals surface area (Å²) in [6, 6.07) is 14.7. The summed E-state index contributed by atoms with van der Waals surface area (Å²) in [5.74, 6) is 1.94. The summed E-state index contributed by atoms with van der Waals surface area (Å²) in [7, 11) is 9.36. The van der Waals surface area contributed by atoms with Crippen molar-refractivity contribution in [3.8, 4) is 46.5 Å². The molecule has 17 heteroatoms. The van der Waals surface area contributed by atoms with Crippen LogP contribution in [0.1, 0.15) is 104 Å². The molecule has 0 radical (unpaired) electrons. The predicted octanol–water partition coefficient (Wildman–Crippen LogP) is 6.57. The van der Waals surface area contributed by atoms with E-state index in [1.165, 1.54) is 0 Å². The molecule has 2 aromatic heterocycles. The molecule has 17 nitrogen and oxygen atoms in total. The highest BCUT2D eigenvalue weighted by Crippen LogP contribution is 2.48. The standard InChI is InChI=1S/C50H58N4O13/c1-9-64-41-21-30-32-19-26(11-15-36(32)51-46(34(30)23-39(41)58-3)28-13-17-43(60-5)53-48(28)62-7)66-45(56)25-38(55)50(57)67-27-12-16-37-33(20-27)31-22-42(65-10-2)40(59-4)24-35(31)47(52-37)29-14-18-44(61-6)54-49(29)63-8/h13-14,17-18,21-24,26-27,32-33,36-38,55H,9-12,15-16,19-20,25H2,1-8H3/t26-,27-,32-,33-,36-,37-,38?/m0/s1. The molecule has 4 aliphatic rings. The molecule has 4 heterocycles. The predicted molar refractivity (Wildman–Crippen MR) is 245 cm³/mol. The van der Waals surface area contributed by atoms with E-state index in [0.29, 0.717) is 121 Å². The van der Waals surface area contributed by atoms with Gasteiger partial charge in [0.25, 0.3) is 0 Å². The number of hydrogen-bond donors (Lipinski definition) is 1. The van der Waals surface area contributed by atoms with Gasteiger partial charge < -0.3 is 52.5 Å². The summed E-state index contributed by atoms with van der Waals surface area (Å²) in [5.41, 5.74) is 6.31. The molecule has 0 saturated heterocycles. The zero-order valence-electron chi connectivity index (χ0n) is 39.2. The lowest BCUT2D eigenvalue weighted by Gasteiger charge is -2.39. The van der Waals surface area contributed by atoms with Gasteiger partial charge in [-0.05, 0) is 99.9 Å². The molecule has 1 N–H and O–H groups in total. The number of aliphatic hydroxyl groups excluding tert-OH is 1. The van der Waals surface area contributed by atoms with Gasteiger partial charge in [-0.2, -0.15) is 9.97 Å². The molecular weight excluding hydrogens is 865 g/mol. The van der Waals surface area contributed by atoms with Crippen LogP contribution in [-0.4, -0.2) is 125 Å². The molecule has 2 aliphatic carbocycles. The second-order valence-electron chi connectivity index (χ2n) is 16.7. The summed E-state index contributed by atoms with van der Waals surface area (Å²) in [4.78, 5) is 46.4. The molecule has 8 rings (SSSR count). The zero-order valence-corrected chi connectivity index (χ0v) is 39.2. The molecule has 1 unspecified atom stereocenters. The van der Waals surface area contributed by atoms with Crippen molar-refractivity contribution in [2.75, 3.05) is 55.9 Å². The topological polar surface area (TPSA) is 197 Å². The largest absolute Gasteiger partial charge is 0.493 e. The quantitative estimate of drug-likeness (QED) is 0.112. The number of benzene rings is 2. The van der Waals surface area contributed by atoms with Gasteiger partial charge in [-0.25, -0.2) is 4.79 Å². The molecular formula is C50H58N4O13.